The van der Waals surface area contributed by atoms with Crippen molar-refractivity contribution in [2.75, 3.05) is 31.6 Å². The Morgan fingerprint density at radius 2 is 1.92 bits per heavy atom. The number of hydrogen-bond donors (Lipinski definition) is 2. The molecule has 11 heteroatoms. The minimum Gasteiger partial charge on any atom is -0.374 e. The van der Waals surface area contributed by atoms with Gasteiger partial charge in [-0.1, -0.05) is 0 Å². The van der Waals surface area contributed by atoms with Crippen LogP contribution in [0.1, 0.15) is 37.7 Å². The molecule has 2 N–H and O–H groups in total. The van der Waals surface area contributed by atoms with E-state index in [1.807, 2.05) is 25.3 Å². The molecule has 2 atom stereocenters. The Bertz CT molecular complexity index is 1490. The van der Waals surface area contributed by atoms with Crippen LogP contribution in [-0.2, 0) is 11.3 Å². The maximum Gasteiger partial charge on any atom is 0.228 e. The SMILES string of the molecule is Cc1nc2c(F)cc(-c3cc(Nc4ncc(CN5CC[C@@H]6NCCO[C@H]6C5)cn4)ncc3F)cc2n1C(C)C. The van der Waals surface area contributed by atoms with Crippen LogP contribution < -0.4 is 10.6 Å². The van der Waals surface area contributed by atoms with E-state index in [4.69, 9.17) is 4.74 Å². The number of aromatic nitrogens is 5. The molecule has 6 rings (SSSR count). The van der Waals surface area contributed by atoms with Crippen LogP contribution in [-0.4, -0.2) is 67.8 Å². The Morgan fingerprint density at radius 1 is 1.10 bits per heavy atom. The Hall–Kier alpha value is -3.54. The number of piperidine rings is 1. The fourth-order valence-corrected chi connectivity index (χ4v) is 5.66. The summed E-state index contributed by atoms with van der Waals surface area (Å²) in [5.74, 6) is 0.363. The van der Waals surface area contributed by atoms with Crippen molar-refractivity contribution in [3.05, 3.63) is 59.8 Å². The molecule has 4 aromatic rings. The lowest BCUT2D eigenvalue weighted by molar-refractivity contribution is -0.0489. The van der Waals surface area contributed by atoms with Crippen LogP contribution in [0.25, 0.3) is 22.2 Å². The molecule has 9 nitrogen and oxygen atoms in total. The summed E-state index contributed by atoms with van der Waals surface area (Å²) in [7, 11) is 0. The molecule has 2 aliphatic rings. The van der Waals surface area contributed by atoms with E-state index in [9.17, 15) is 8.78 Å². The molecule has 0 bridgehead atoms. The summed E-state index contributed by atoms with van der Waals surface area (Å²) in [6.45, 7) is 10.1. The second kappa shape index (κ2) is 10.6. The molecule has 2 aliphatic heterocycles. The van der Waals surface area contributed by atoms with Gasteiger partial charge in [0.1, 0.15) is 23.0 Å². The van der Waals surface area contributed by atoms with E-state index in [2.05, 4.69) is 35.5 Å². The lowest BCUT2D eigenvalue weighted by Crippen LogP contribution is -2.57. The molecule has 2 saturated heterocycles. The fourth-order valence-electron chi connectivity index (χ4n) is 5.66. The van der Waals surface area contributed by atoms with Crippen LogP contribution >= 0.6 is 0 Å². The first-order chi connectivity index (χ1) is 18.9. The standard InChI is InChI=1S/C28H32F2N8O/c1-16(2)38-17(3)35-27-21(29)8-19(9-24(27)38)20-10-26(32-13-22(20)30)36-28-33-11-18(12-34-28)14-37-6-4-23-25(15-37)39-7-5-31-23/h8-13,16,23,25,31H,4-7,14-15H2,1-3H3,(H,32,33,34,36)/t23-,25-/m0/s1. The summed E-state index contributed by atoms with van der Waals surface area (Å²) in [5.41, 5.74) is 2.52. The quantitative estimate of drug-likeness (QED) is 0.377. The highest BCUT2D eigenvalue weighted by atomic mass is 19.1. The van der Waals surface area contributed by atoms with Crippen molar-refractivity contribution in [3.63, 3.8) is 0 Å². The van der Waals surface area contributed by atoms with Crippen molar-refractivity contribution in [2.45, 2.75) is 51.9 Å². The lowest BCUT2D eigenvalue weighted by Gasteiger charge is -2.41. The van der Waals surface area contributed by atoms with Crippen molar-refractivity contribution in [1.29, 1.82) is 0 Å². The summed E-state index contributed by atoms with van der Waals surface area (Å²) in [4.78, 5) is 19.7. The number of likely N-dealkylation sites (tertiary alicyclic amines) is 1. The molecule has 0 radical (unpaired) electrons. The number of rotatable bonds is 6. The molecular weight excluding hydrogens is 502 g/mol. The van der Waals surface area contributed by atoms with Gasteiger partial charge in [0.15, 0.2) is 5.82 Å². The molecule has 0 spiro atoms. The molecule has 0 unspecified atom stereocenters. The largest absolute Gasteiger partial charge is 0.374 e. The average Bonchev–Trinajstić information content (AvgIpc) is 3.27. The van der Waals surface area contributed by atoms with E-state index in [-0.39, 0.29) is 23.2 Å². The first-order valence-corrected chi connectivity index (χ1v) is 13.3. The van der Waals surface area contributed by atoms with Gasteiger partial charge in [-0.25, -0.2) is 28.7 Å². The van der Waals surface area contributed by atoms with E-state index in [0.717, 1.165) is 51.0 Å². The predicted octanol–water partition coefficient (Wildman–Crippen LogP) is 4.36. The number of anilines is 2. The number of nitrogens with one attached hydrogen (secondary N) is 2. The van der Waals surface area contributed by atoms with Gasteiger partial charge in [-0.3, -0.25) is 4.90 Å². The maximum absolute atomic E-state index is 15.0. The van der Waals surface area contributed by atoms with Crippen molar-refractivity contribution in [2.24, 2.45) is 0 Å². The van der Waals surface area contributed by atoms with Crippen molar-refractivity contribution >= 4 is 22.8 Å². The molecule has 204 valence electrons. The predicted molar refractivity (Wildman–Crippen MR) is 145 cm³/mol. The van der Waals surface area contributed by atoms with E-state index in [1.54, 1.807) is 24.5 Å². The first kappa shape index (κ1) is 25.7. The minimum atomic E-state index is -0.552. The zero-order valence-corrected chi connectivity index (χ0v) is 22.3. The number of pyridine rings is 1. The minimum absolute atomic E-state index is 0.0775. The van der Waals surface area contributed by atoms with Gasteiger partial charge in [0.25, 0.3) is 0 Å². The summed E-state index contributed by atoms with van der Waals surface area (Å²) < 4.78 is 37.7. The van der Waals surface area contributed by atoms with Gasteiger partial charge in [0.2, 0.25) is 5.95 Å². The van der Waals surface area contributed by atoms with Gasteiger partial charge < -0.3 is 19.9 Å². The Balaban J connectivity index is 1.19. The van der Waals surface area contributed by atoms with Crippen LogP contribution in [0, 0.1) is 18.6 Å². The first-order valence-electron chi connectivity index (χ1n) is 13.3. The highest BCUT2D eigenvalue weighted by Crippen LogP contribution is 2.32. The number of nitrogens with zero attached hydrogens (tertiary/aromatic N) is 6. The topological polar surface area (TPSA) is 93.0 Å². The molecule has 1 aromatic carbocycles. The van der Waals surface area contributed by atoms with Crippen molar-refractivity contribution in [3.8, 4) is 11.1 Å². The van der Waals surface area contributed by atoms with Crippen LogP contribution in [0.4, 0.5) is 20.5 Å². The summed E-state index contributed by atoms with van der Waals surface area (Å²) in [6.07, 6.45) is 5.96. The molecule has 3 aromatic heterocycles. The second-order valence-electron chi connectivity index (χ2n) is 10.5. The number of fused-ring (bicyclic) bond motifs is 2. The van der Waals surface area contributed by atoms with E-state index < -0.39 is 11.6 Å². The van der Waals surface area contributed by atoms with Gasteiger partial charge >= 0.3 is 0 Å². The maximum atomic E-state index is 15.0. The summed E-state index contributed by atoms with van der Waals surface area (Å²) in [6, 6.07) is 5.13. The normalized spacial score (nSPS) is 19.9. The third kappa shape index (κ3) is 5.21. The monoisotopic (exact) mass is 534 g/mol. The lowest BCUT2D eigenvalue weighted by atomic mass is 10.00. The smallest absolute Gasteiger partial charge is 0.228 e. The number of benzene rings is 1. The zero-order chi connectivity index (χ0) is 27.1. The molecule has 0 aliphatic carbocycles. The Labute approximate surface area is 225 Å². The Kier molecular flexibility index (Phi) is 6.96. The molecule has 2 fully saturated rings. The van der Waals surface area contributed by atoms with E-state index in [1.165, 1.54) is 6.07 Å². The Morgan fingerprint density at radius 3 is 2.72 bits per heavy atom. The molecule has 0 saturated carbocycles. The van der Waals surface area contributed by atoms with E-state index >= 15 is 0 Å². The highest BCUT2D eigenvalue weighted by Gasteiger charge is 2.31. The molecule has 39 heavy (non-hydrogen) atoms. The van der Waals surface area contributed by atoms with Gasteiger partial charge in [-0.15, -0.1) is 0 Å². The van der Waals surface area contributed by atoms with Crippen molar-refractivity contribution in [1.82, 2.24) is 34.7 Å². The van der Waals surface area contributed by atoms with Gasteiger partial charge in [0.05, 0.1) is 24.4 Å². The number of imidazole rings is 1. The fraction of sp³-hybridized carbons (Fsp3) is 0.429. The average molecular weight is 535 g/mol. The number of ether oxygens (including phenoxy) is 1. The highest BCUT2D eigenvalue weighted by molar-refractivity contribution is 5.84. The van der Waals surface area contributed by atoms with Gasteiger partial charge in [-0.2, -0.15) is 0 Å². The van der Waals surface area contributed by atoms with Gasteiger partial charge in [-0.05, 0) is 51.0 Å². The van der Waals surface area contributed by atoms with Crippen LogP contribution in [0.5, 0.6) is 0 Å². The van der Waals surface area contributed by atoms with Crippen LogP contribution in [0.2, 0.25) is 0 Å². The number of aryl methyl sites for hydroxylation is 1. The van der Waals surface area contributed by atoms with E-state index in [0.29, 0.717) is 34.7 Å². The second-order valence-corrected chi connectivity index (χ2v) is 10.5. The van der Waals surface area contributed by atoms with Crippen LogP contribution in [0.15, 0.2) is 36.8 Å². The molecular formula is C28H32F2N8O. The van der Waals surface area contributed by atoms with Crippen molar-refractivity contribution < 1.29 is 13.5 Å². The zero-order valence-electron chi connectivity index (χ0n) is 22.3. The summed E-state index contributed by atoms with van der Waals surface area (Å²) in [5, 5.41) is 6.58. The molecule has 0 amide bonds. The number of morpholine rings is 1. The summed E-state index contributed by atoms with van der Waals surface area (Å²) >= 11 is 0. The third-order valence-electron chi connectivity index (χ3n) is 7.44. The van der Waals surface area contributed by atoms with Crippen LogP contribution in [0.3, 0.4) is 0 Å². The van der Waals surface area contributed by atoms with Gasteiger partial charge in [0, 0.05) is 61.8 Å². The molecule has 5 heterocycles. The third-order valence-corrected chi connectivity index (χ3v) is 7.44. The number of halogens is 2. The number of hydrogen-bond acceptors (Lipinski definition) is 8.